The first-order valence-electron chi connectivity index (χ1n) is 7.61. The molecule has 2 rings (SSSR count). The molecule has 2 nitrogen and oxygen atoms in total. The first-order chi connectivity index (χ1) is 9.70. The van der Waals surface area contributed by atoms with Gasteiger partial charge in [0.05, 0.1) is 0 Å². The van der Waals surface area contributed by atoms with Crippen LogP contribution in [0.4, 0.5) is 0 Å². The van der Waals surface area contributed by atoms with Crippen LogP contribution in [-0.4, -0.2) is 28.7 Å². The predicted molar refractivity (Wildman–Crippen MR) is 87.3 cm³/mol. The number of benzene rings is 1. The smallest absolute Gasteiger partial charge is 0.223 e. The standard InChI is InChI=1S/C17H24BrNO/c1-14-5-4-6-15(13-14)9-10-17(20)19(12-11-18)16-7-2-3-8-16/h4-6,13,16H,2-3,7-12H2,1H3. The van der Waals surface area contributed by atoms with Gasteiger partial charge < -0.3 is 4.90 Å². The Morgan fingerprint density at radius 3 is 2.75 bits per heavy atom. The number of halogens is 1. The van der Waals surface area contributed by atoms with Gasteiger partial charge in [0.1, 0.15) is 0 Å². The Balaban J connectivity index is 1.91. The Morgan fingerprint density at radius 2 is 2.10 bits per heavy atom. The minimum Gasteiger partial charge on any atom is -0.339 e. The first kappa shape index (κ1) is 15.6. The maximum atomic E-state index is 12.5. The average molecular weight is 338 g/mol. The SMILES string of the molecule is Cc1cccc(CCC(=O)N(CCBr)C2CCCC2)c1. The van der Waals surface area contributed by atoms with Crippen molar-refractivity contribution >= 4 is 21.8 Å². The van der Waals surface area contributed by atoms with Gasteiger partial charge in [-0.05, 0) is 31.7 Å². The molecule has 1 aliphatic carbocycles. The molecule has 1 amide bonds. The number of hydrogen-bond donors (Lipinski definition) is 0. The number of amides is 1. The van der Waals surface area contributed by atoms with Gasteiger partial charge in [0, 0.05) is 24.3 Å². The van der Waals surface area contributed by atoms with Crippen molar-refractivity contribution in [2.24, 2.45) is 0 Å². The topological polar surface area (TPSA) is 20.3 Å². The Hall–Kier alpha value is -0.830. The van der Waals surface area contributed by atoms with Crippen molar-refractivity contribution in [3.05, 3.63) is 35.4 Å². The van der Waals surface area contributed by atoms with Gasteiger partial charge >= 0.3 is 0 Å². The van der Waals surface area contributed by atoms with Crippen molar-refractivity contribution in [2.45, 2.75) is 51.5 Å². The molecule has 1 aromatic carbocycles. The summed E-state index contributed by atoms with van der Waals surface area (Å²) in [5.41, 5.74) is 2.53. The van der Waals surface area contributed by atoms with Gasteiger partial charge in [0.15, 0.2) is 0 Å². The minimum absolute atomic E-state index is 0.317. The Morgan fingerprint density at radius 1 is 1.35 bits per heavy atom. The second kappa shape index (κ2) is 7.82. The van der Waals surface area contributed by atoms with E-state index < -0.39 is 0 Å². The Bertz CT molecular complexity index is 440. The van der Waals surface area contributed by atoms with Crippen LogP contribution < -0.4 is 0 Å². The van der Waals surface area contributed by atoms with Gasteiger partial charge in [-0.1, -0.05) is 58.6 Å². The molecule has 1 saturated carbocycles. The molecule has 3 heteroatoms. The van der Waals surface area contributed by atoms with E-state index in [0.717, 1.165) is 18.3 Å². The number of alkyl halides is 1. The third kappa shape index (κ3) is 4.34. The fourth-order valence-electron chi connectivity index (χ4n) is 3.08. The second-order valence-corrected chi connectivity index (χ2v) is 6.50. The van der Waals surface area contributed by atoms with Gasteiger partial charge in [-0.3, -0.25) is 4.79 Å². The van der Waals surface area contributed by atoms with E-state index in [1.807, 2.05) is 0 Å². The Labute approximate surface area is 130 Å². The molecule has 20 heavy (non-hydrogen) atoms. The summed E-state index contributed by atoms with van der Waals surface area (Å²) in [6, 6.07) is 8.95. The molecule has 0 N–H and O–H groups in total. The maximum absolute atomic E-state index is 12.5. The average Bonchev–Trinajstić information content (AvgIpc) is 2.96. The van der Waals surface area contributed by atoms with Crippen molar-refractivity contribution in [3.63, 3.8) is 0 Å². The van der Waals surface area contributed by atoms with E-state index in [-0.39, 0.29) is 0 Å². The van der Waals surface area contributed by atoms with Crippen LogP contribution in [0.2, 0.25) is 0 Å². The molecule has 1 aliphatic rings. The molecule has 1 aromatic rings. The number of hydrogen-bond acceptors (Lipinski definition) is 1. The minimum atomic E-state index is 0.317. The van der Waals surface area contributed by atoms with E-state index in [1.54, 1.807) is 0 Å². The molecule has 0 bridgehead atoms. The van der Waals surface area contributed by atoms with Crippen LogP contribution in [0.5, 0.6) is 0 Å². The zero-order valence-electron chi connectivity index (χ0n) is 12.3. The van der Waals surface area contributed by atoms with E-state index in [2.05, 4.69) is 52.0 Å². The van der Waals surface area contributed by atoms with E-state index >= 15 is 0 Å². The van der Waals surface area contributed by atoms with Crippen molar-refractivity contribution in [3.8, 4) is 0 Å². The summed E-state index contributed by atoms with van der Waals surface area (Å²) in [4.78, 5) is 14.6. The number of nitrogens with zero attached hydrogens (tertiary/aromatic N) is 1. The van der Waals surface area contributed by atoms with Crippen LogP contribution >= 0.6 is 15.9 Å². The van der Waals surface area contributed by atoms with E-state index in [9.17, 15) is 4.79 Å². The fraction of sp³-hybridized carbons (Fsp3) is 0.588. The van der Waals surface area contributed by atoms with Gasteiger partial charge in [0.2, 0.25) is 5.91 Å². The van der Waals surface area contributed by atoms with Crippen molar-refractivity contribution < 1.29 is 4.79 Å². The molecule has 0 aromatic heterocycles. The lowest BCUT2D eigenvalue weighted by molar-refractivity contribution is -0.133. The summed E-state index contributed by atoms with van der Waals surface area (Å²) in [7, 11) is 0. The largest absolute Gasteiger partial charge is 0.339 e. The summed E-state index contributed by atoms with van der Waals surface area (Å²) in [6.45, 7) is 2.94. The van der Waals surface area contributed by atoms with Crippen molar-refractivity contribution in [1.82, 2.24) is 4.90 Å². The van der Waals surface area contributed by atoms with Crippen molar-refractivity contribution in [1.29, 1.82) is 0 Å². The van der Waals surface area contributed by atoms with Gasteiger partial charge in [-0.25, -0.2) is 0 Å². The molecule has 1 fully saturated rings. The molecule has 0 heterocycles. The fourth-order valence-corrected chi connectivity index (χ4v) is 3.46. The summed E-state index contributed by atoms with van der Waals surface area (Å²) >= 11 is 3.48. The van der Waals surface area contributed by atoms with Crippen LogP contribution in [0.15, 0.2) is 24.3 Å². The van der Waals surface area contributed by atoms with Gasteiger partial charge in [0.25, 0.3) is 0 Å². The zero-order valence-corrected chi connectivity index (χ0v) is 13.9. The normalized spacial score (nSPS) is 15.5. The van der Waals surface area contributed by atoms with Gasteiger partial charge in [-0.2, -0.15) is 0 Å². The molecule has 0 aliphatic heterocycles. The number of rotatable bonds is 6. The molecule has 110 valence electrons. The molecular weight excluding hydrogens is 314 g/mol. The highest BCUT2D eigenvalue weighted by atomic mass is 79.9. The lowest BCUT2D eigenvalue weighted by atomic mass is 10.1. The molecule has 0 unspecified atom stereocenters. The quantitative estimate of drug-likeness (QED) is 0.716. The highest BCUT2D eigenvalue weighted by molar-refractivity contribution is 9.09. The van der Waals surface area contributed by atoms with Crippen LogP contribution in [0, 0.1) is 6.92 Å². The predicted octanol–water partition coefficient (Wildman–Crippen LogP) is 4.09. The number of aryl methyl sites for hydroxylation is 2. The van der Waals surface area contributed by atoms with Crippen LogP contribution in [0.3, 0.4) is 0 Å². The van der Waals surface area contributed by atoms with E-state index in [0.29, 0.717) is 18.4 Å². The second-order valence-electron chi connectivity index (χ2n) is 5.70. The molecular formula is C17H24BrNO. The van der Waals surface area contributed by atoms with Crippen molar-refractivity contribution in [2.75, 3.05) is 11.9 Å². The van der Waals surface area contributed by atoms with E-state index in [4.69, 9.17) is 0 Å². The van der Waals surface area contributed by atoms with Crippen LogP contribution in [0.1, 0.15) is 43.2 Å². The third-order valence-electron chi connectivity index (χ3n) is 4.12. The first-order valence-corrected chi connectivity index (χ1v) is 8.74. The lowest BCUT2D eigenvalue weighted by Crippen LogP contribution is -2.40. The summed E-state index contributed by atoms with van der Waals surface area (Å²) in [6.07, 6.45) is 6.40. The zero-order chi connectivity index (χ0) is 14.4. The molecule has 0 spiro atoms. The monoisotopic (exact) mass is 337 g/mol. The molecule has 0 saturated heterocycles. The maximum Gasteiger partial charge on any atom is 0.223 e. The Kier molecular flexibility index (Phi) is 6.08. The summed E-state index contributed by atoms with van der Waals surface area (Å²) < 4.78 is 0. The molecule has 0 atom stereocenters. The highest BCUT2D eigenvalue weighted by Crippen LogP contribution is 2.24. The third-order valence-corrected chi connectivity index (χ3v) is 4.48. The van der Waals surface area contributed by atoms with Gasteiger partial charge in [-0.15, -0.1) is 0 Å². The summed E-state index contributed by atoms with van der Waals surface area (Å²) in [5, 5.41) is 0.875. The highest BCUT2D eigenvalue weighted by Gasteiger charge is 2.25. The number of carbonyl (C=O) groups is 1. The molecule has 0 radical (unpaired) electrons. The van der Waals surface area contributed by atoms with Crippen LogP contribution in [0.25, 0.3) is 0 Å². The summed E-state index contributed by atoms with van der Waals surface area (Å²) in [5.74, 6) is 0.317. The number of carbonyl (C=O) groups excluding carboxylic acids is 1. The van der Waals surface area contributed by atoms with E-state index in [1.165, 1.54) is 36.8 Å². The van der Waals surface area contributed by atoms with Crippen LogP contribution in [-0.2, 0) is 11.2 Å². The lowest BCUT2D eigenvalue weighted by Gasteiger charge is -2.28.